The Balaban J connectivity index is 2.14. The van der Waals surface area contributed by atoms with E-state index in [9.17, 15) is 12.8 Å². The molecule has 1 aliphatic rings. The third-order valence-electron chi connectivity index (χ3n) is 3.91. The van der Waals surface area contributed by atoms with Crippen LogP contribution in [0.5, 0.6) is 0 Å². The van der Waals surface area contributed by atoms with Crippen molar-refractivity contribution in [2.45, 2.75) is 48.8 Å². The van der Waals surface area contributed by atoms with Crippen molar-refractivity contribution in [2.24, 2.45) is 0 Å². The molecule has 0 spiro atoms. The van der Waals surface area contributed by atoms with Crippen molar-refractivity contribution >= 4 is 27.5 Å². The number of halogens is 1. The van der Waals surface area contributed by atoms with E-state index in [0.29, 0.717) is 10.8 Å². The second-order valence-electron chi connectivity index (χ2n) is 5.47. The Morgan fingerprint density at radius 2 is 1.90 bits per heavy atom. The highest BCUT2D eigenvalue weighted by atomic mass is 32.2. The molecular formula is C14H21FN2O2S2. The summed E-state index contributed by atoms with van der Waals surface area (Å²) >= 11 is 1.83. The van der Waals surface area contributed by atoms with Gasteiger partial charge in [0, 0.05) is 11.3 Å². The highest BCUT2D eigenvalue weighted by Gasteiger charge is 2.26. The molecule has 0 amide bonds. The normalized spacial score (nSPS) is 23.2. The summed E-state index contributed by atoms with van der Waals surface area (Å²) in [6.45, 7) is 1.57. The molecule has 0 aliphatic heterocycles. The van der Waals surface area contributed by atoms with Crippen LogP contribution in [0, 0.1) is 12.7 Å². The molecule has 4 nitrogen and oxygen atoms in total. The average Bonchev–Trinajstić information content (AvgIpc) is 2.43. The smallest absolute Gasteiger partial charge is 0.241 e. The lowest BCUT2D eigenvalue weighted by Gasteiger charge is -2.28. The number of hydrogen-bond acceptors (Lipinski definition) is 4. The first-order valence-corrected chi connectivity index (χ1v) is 9.71. The van der Waals surface area contributed by atoms with Gasteiger partial charge in [0.15, 0.2) is 0 Å². The first-order chi connectivity index (χ1) is 9.83. The van der Waals surface area contributed by atoms with Gasteiger partial charge >= 0.3 is 0 Å². The Kier molecular flexibility index (Phi) is 5.16. The van der Waals surface area contributed by atoms with Gasteiger partial charge < -0.3 is 5.73 Å². The van der Waals surface area contributed by atoms with Crippen LogP contribution >= 0.6 is 11.8 Å². The fourth-order valence-electron chi connectivity index (χ4n) is 2.66. The lowest BCUT2D eigenvalue weighted by atomic mass is 9.96. The lowest BCUT2D eigenvalue weighted by Crippen LogP contribution is -2.38. The fraction of sp³-hybridized carbons (Fsp3) is 0.571. The van der Waals surface area contributed by atoms with Crippen LogP contribution in [0.15, 0.2) is 17.0 Å². The van der Waals surface area contributed by atoms with Crippen LogP contribution in [-0.2, 0) is 10.0 Å². The molecule has 21 heavy (non-hydrogen) atoms. The molecule has 0 heterocycles. The summed E-state index contributed by atoms with van der Waals surface area (Å²) in [6.07, 6.45) is 5.78. The second-order valence-corrected chi connectivity index (χ2v) is 8.29. The van der Waals surface area contributed by atoms with Crippen molar-refractivity contribution in [3.63, 3.8) is 0 Å². The number of thioether (sulfide) groups is 1. The maximum atomic E-state index is 13.3. The predicted molar refractivity (Wildman–Crippen MR) is 85.4 cm³/mol. The third kappa shape index (κ3) is 3.90. The van der Waals surface area contributed by atoms with Crippen molar-refractivity contribution in [1.29, 1.82) is 0 Å². The van der Waals surface area contributed by atoms with E-state index in [1.807, 2.05) is 11.8 Å². The van der Waals surface area contributed by atoms with Gasteiger partial charge in [-0.15, -0.1) is 0 Å². The zero-order valence-corrected chi connectivity index (χ0v) is 13.9. The van der Waals surface area contributed by atoms with Gasteiger partial charge in [-0.3, -0.25) is 0 Å². The van der Waals surface area contributed by atoms with Gasteiger partial charge in [-0.05, 0) is 56.6 Å². The minimum atomic E-state index is -3.66. The summed E-state index contributed by atoms with van der Waals surface area (Å²) in [6, 6.07) is 2.30. The zero-order chi connectivity index (χ0) is 15.6. The molecule has 1 fully saturated rings. The van der Waals surface area contributed by atoms with E-state index in [0.717, 1.165) is 31.7 Å². The van der Waals surface area contributed by atoms with E-state index >= 15 is 0 Å². The number of benzene rings is 1. The minimum absolute atomic E-state index is 0.0518. The largest absolute Gasteiger partial charge is 0.396 e. The summed E-state index contributed by atoms with van der Waals surface area (Å²) < 4.78 is 41.0. The van der Waals surface area contributed by atoms with Crippen LogP contribution in [0.2, 0.25) is 0 Å². The summed E-state index contributed by atoms with van der Waals surface area (Å²) in [5, 5.41) is 0.619. The van der Waals surface area contributed by atoms with E-state index in [1.165, 1.54) is 6.07 Å². The number of aryl methyl sites for hydroxylation is 1. The summed E-state index contributed by atoms with van der Waals surface area (Å²) in [5.74, 6) is -0.591. The van der Waals surface area contributed by atoms with Crippen molar-refractivity contribution in [2.75, 3.05) is 12.0 Å². The minimum Gasteiger partial charge on any atom is -0.396 e. The van der Waals surface area contributed by atoms with Gasteiger partial charge in [-0.1, -0.05) is 0 Å². The first-order valence-electron chi connectivity index (χ1n) is 6.94. The van der Waals surface area contributed by atoms with E-state index in [1.54, 1.807) is 6.92 Å². The molecule has 0 atom stereocenters. The maximum absolute atomic E-state index is 13.3. The topological polar surface area (TPSA) is 72.2 Å². The zero-order valence-electron chi connectivity index (χ0n) is 12.2. The van der Waals surface area contributed by atoms with Gasteiger partial charge in [0.2, 0.25) is 10.0 Å². The maximum Gasteiger partial charge on any atom is 0.241 e. The monoisotopic (exact) mass is 332 g/mol. The van der Waals surface area contributed by atoms with Crippen LogP contribution < -0.4 is 10.5 Å². The summed E-state index contributed by atoms with van der Waals surface area (Å²) in [4.78, 5) is 0.0633. The molecule has 0 unspecified atom stereocenters. The van der Waals surface area contributed by atoms with Crippen LogP contribution in [0.3, 0.4) is 0 Å². The Hall–Kier alpha value is -0.790. The highest BCUT2D eigenvalue weighted by Crippen LogP contribution is 2.28. The molecule has 118 valence electrons. The van der Waals surface area contributed by atoms with Gasteiger partial charge in [0.1, 0.15) is 5.82 Å². The number of rotatable bonds is 4. The molecule has 0 aromatic heterocycles. The Bertz CT molecular complexity index is 612. The Labute approximate surface area is 129 Å². The van der Waals surface area contributed by atoms with E-state index in [-0.39, 0.29) is 16.6 Å². The lowest BCUT2D eigenvalue weighted by molar-refractivity contribution is 0.420. The first kappa shape index (κ1) is 16.6. The van der Waals surface area contributed by atoms with Gasteiger partial charge in [-0.2, -0.15) is 11.8 Å². The van der Waals surface area contributed by atoms with Crippen molar-refractivity contribution in [3.05, 3.63) is 23.5 Å². The van der Waals surface area contributed by atoms with Crippen LogP contribution in [0.1, 0.15) is 31.2 Å². The van der Waals surface area contributed by atoms with Crippen molar-refractivity contribution < 1.29 is 12.8 Å². The number of nitrogens with two attached hydrogens (primary N) is 1. The molecule has 0 saturated heterocycles. The molecule has 1 saturated carbocycles. The highest BCUT2D eigenvalue weighted by molar-refractivity contribution is 7.99. The summed E-state index contributed by atoms with van der Waals surface area (Å²) in [5.41, 5.74) is 5.71. The number of sulfonamides is 1. The van der Waals surface area contributed by atoms with Crippen LogP contribution in [-0.4, -0.2) is 26.0 Å². The fourth-order valence-corrected chi connectivity index (χ4v) is 4.97. The van der Waals surface area contributed by atoms with E-state index < -0.39 is 15.8 Å². The van der Waals surface area contributed by atoms with E-state index in [2.05, 4.69) is 11.0 Å². The molecule has 1 aliphatic carbocycles. The third-order valence-corrected chi connectivity index (χ3v) is 6.71. The standard InChI is InChI=1S/C14H21FN2O2S2/c1-9-7-12(15)13(16)8-14(9)21(18,19)17-10-3-5-11(20-2)6-4-10/h7-8,10-11,17H,3-6,16H2,1-2H3. The van der Waals surface area contributed by atoms with Crippen molar-refractivity contribution in [3.8, 4) is 0 Å². The molecule has 7 heteroatoms. The Morgan fingerprint density at radius 3 is 2.48 bits per heavy atom. The number of nitrogen functional groups attached to an aromatic ring is 1. The SMILES string of the molecule is CSC1CCC(NS(=O)(=O)c2cc(N)c(F)cc2C)CC1. The van der Waals surface area contributed by atoms with Gasteiger partial charge in [-0.25, -0.2) is 17.5 Å². The molecule has 1 aromatic rings. The molecule has 2 rings (SSSR count). The number of anilines is 1. The number of hydrogen-bond donors (Lipinski definition) is 2. The Morgan fingerprint density at radius 1 is 1.29 bits per heavy atom. The van der Waals surface area contributed by atoms with Crippen LogP contribution in [0.25, 0.3) is 0 Å². The quantitative estimate of drug-likeness (QED) is 0.832. The molecule has 3 N–H and O–H groups in total. The molecular weight excluding hydrogens is 311 g/mol. The molecule has 0 bridgehead atoms. The molecule has 0 radical (unpaired) electrons. The van der Waals surface area contributed by atoms with E-state index in [4.69, 9.17) is 5.73 Å². The second kappa shape index (κ2) is 6.54. The predicted octanol–water partition coefficient (Wildman–Crippen LogP) is 2.67. The average molecular weight is 332 g/mol. The molecule has 1 aromatic carbocycles. The van der Waals surface area contributed by atoms with Gasteiger partial charge in [0.05, 0.1) is 10.6 Å². The number of nitrogens with one attached hydrogen (secondary N) is 1. The van der Waals surface area contributed by atoms with Crippen LogP contribution in [0.4, 0.5) is 10.1 Å². The van der Waals surface area contributed by atoms with Crippen molar-refractivity contribution in [1.82, 2.24) is 4.72 Å². The summed E-state index contributed by atoms with van der Waals surface area (Å²) in [7, 11) is -3.66. The van der Waals surface area contributed by atoms with Gasteiger partial charge in [0.25, 0.3) is 0 Å².